The molecule has 0 aromatic carbocycles. The van der Waals surface area contributed by atoms with Crippen LogP contribution in [0.15, 0.2) is 15.2 Å². The van der Waals surface area contributed by atoms with E-state index in [2.05, 4.69) is 35.1 Å². The summed E-state index contributed by atoms with van der Waals surface area (Å²) in [6.45, 7) is 4.21. The Labute approximate surface area is 103 Å². The molecule has 2 nitrogen and oxygen atoms in total. The Morgan fingerprint density at radius 2 is 2.40 bits per heavy atom. The molecule has 1 aromatic heterocycles. The summed E-state index contributed by atoms with van der Waals surface area (Å²) in [5, 5.41) is 4.86. The summed E-state index contributed by atoms with van der Waals surface area (Å²) >= 11 is 4.88. The number of unbranched alkanes of at least 4 members (excludes halogenated alkanes) is 1. The van der Waals surface area contributed by atoms with Gasteiger partial charge in [0.15, 0.2) is 0 Å². The van der Waals surface area contributed by atoms with Crippen molar-refractivity contribution in [1.82, 2.24) is 5.32 Å². The molecule has 0 fully saturated rings. The maximum Gasteiger partial charge on any atom is 0.252 e. The SMILES string of the molecule is CCCCC(C)NC(=O)c1csc(Br)c1. The first-order chi connectivity index (χ1) is 7.13. The van der Waals surface area contributed by atoms with Crippen LogP contribution in [0.5, 0.6) is 0 Å². The first kappa shape index (κ1) is 12.7. The number of rotatable bonds is 5. The Morgan fingerprint density at radius 3 is 2.93 bits per heavy atom. The minimum atomic E-state index is 0.0283. The zero-order valence-electron chi connectivity index (χ0n) is 9.05. The molecule has 0 spiro atoms. The molecule has 1 rings (SSSR count). The lowest BCUT2D eigenvalue weighted by Gasteiger charge is -2.12. The summed E-state index contributed by atoms with van der Waals surface area (Å²) in [6, 6.07) is 2.11. The smallest absolute Gasteiger partial charge is 0.252 e. The third-order valence-corrected chi connectivity index (χ3v) is 3.70. The van der Waals surface area contributed by atoms with E-state index in [-0.39, 0.29) is 11.9 Å². The van der Waals surface area contributed by atoms with Crippen molar-refractivity contribution < 1.29 is 4.79 Å². The van der Waals surface area contributed by atoms with Gasteiger partial charge in [-0.25, -0.2) is 0 Å². The molecular formula is C11H16BrNOS. The van der Waals surface area contributed by atoms with Crippen molar-refractivity contribution in [2.24, 2.45) is 0 Å². The maximum absolute atomic E-state index is 11.7. The van der Waals surface area contributed by atoms with Crippen LogP contribution in [0.2, 0.25) is 0 Å². The Morgan fingerprint density at radius 1 is 1.67 bits per heavy atom. The second kappa shape index (κ2) is 6.28. The van der Waals surface area contributed by atoms with Crippen molar-refractivity contribution in [2.45, 2.75) is 39.2 Å². The number of thiophene rings is 1. The van der Waals surface area contributed by atoms with E-state index in [1.165, 1.54) is 17.8 Å². The van der Waals surface area contributed by atoms with E-state index in [9.17, 15) is 4.79 Å². The lowest BCUT2D eigenvalue weighted by Crippen LogP contribution is -2.32. The van der Waals surface area contributed by atoms with E-state index >= 15 is 0 Å². The fourth-order valence-corrected chi connectivity index (χ4v) is 2.46. The van der Waals surface area contributed by atoms with Gasteiger partial charge in [0.2, 0.25) is 0 Å². The van der Waals surface area contributed by atoms with Crippen LogP contribution in [0.1, 0.15) is 43.5 Å². The third kappa shape index (κ3) is 4.34. The van der Waals surface area contributed by atoms with E-state index in [1.807, 2.05) is 11.4 Å². The molecule has 0 radical (unpaired) electrons. The number of carbonyl (C=O) groups excluding carboxylic acids is 1. The van der Waals surface area contributed by atoms with Crippen LogP contribution < -0.4 is 5.32 Å². The number of hydrogen-bond donors (Lipinski definition) is 1. The highest BCUT2D eigenvalue weighted by Crippen LogP contribution is 2.20. The maximum atomic E-state index is 11.7. The molecule has 1 aromatic rings. The molecule has 4 heteroatoms. The zero-order chi connectivity index (χ0) is 11.3. The topological polar surface area (TPSA) is 29.1 Å². The molecule has 0 aliphatic rings. The largest absolute Gasteiger partial charge is 0.350 e. The normalized spacial score (nSPS) is 12.5. The van der Waals surface area contributed by atoms with Gasteiger partial charge in [0.1, 0.15) is 0 Å². The Balaban J connectivity index is 2.42. The van der Waals surface area contributed by atoms with Gasteiger partial charge < -0.3 is 5.32 Å². The van der Waals surface area contributed by atoms with Crippen molar-refractivity contribution in [3.63, 3.8) is 0 Å². The van der Waals surface area contributed by atoms with Crippen molar-refractivity contribution in [1.29, 1.82) is 0 Å². The molecule has 0 aliphatic heterocycles. The van der Waals surface area contributed by atoms with Gasteiger partial charge in [-0.1, -0.05) is 19.8 Å². The minimum Gasteiger partial charge on any atom is -0.350 e. The monoisotopic (exact) mass is 289 g/mol. The Kier molecular flexibility index (Phi) is 5.32. The second-order valence-corrected chi connectivity index (χ2v) is 5.95. The summed E-state index contributed by atoms with van der Waals surface area (Å²) in [7, 11) is 0. The van der Waals surface area contributed by atoms with Gasteiger partial charge in [0.05, 0.1) is 9.35 Å². The number of hydrogen-bond acceptors (Lipinski definition) is 2. The lowest BCUT2D eigenvalue weighted by molar-refractivity contribution is 0.0938. The molecule has 0 aliphatic carbocycles. The molecule has 1 N–H and O–H groups in total. The third-order valence-electron chi connectivity index (χ3n) is 2.20. The fourth-order valence-electron chi connectivity index (χ4n) is 1.32. The lowest BCUT2D eigenvalue weighted by atomic mass is 10.1. The highest BCUT2D eigenvalue weighted by Gasteiger charge is 2.10. The zero-order valence-corrected chi connectivity index (χ0v) is 11.5. The molecule has 1 unspecified atom stereocenters. The van der Waals surface area contributed by atoms with Crippen molar-refractivity contribution >= 4 is 33.2 Å². The standard InChI is InChI=1S/C11H16BrNOS/c1-3-4-5-8(2)13-11(14)9-6-10(12)15-7-9/h6-8H,3-5H2,1-2H3,(H,13,14). The first-order valence-electron chi connectivity index (χ1n) is 5.18. The van der Waals surface area contributed by atoms with Crippen LogP contribution in [0, 0.1) is 0 Å². The van der Waals surface area contributed by atoms with E-state index in [4.69, 9.17) is 0 Å². The number of amides is 1. The molecule has 1 heterocycles. The molecule has 1 atom stereocenters. The van der Waals surface area contributed by atoms with Gasteiger partial charge in [-0.15, -0.1) is 11.3 Å². The summed E-state index contributed by atoms with van der Waals surface area (Å²) in [6.07, 6.45) is 3.38. The Hall–Kier alpha value is -0.350. The quantitative estimate of drug-likeness (QED) is 0.877. The molecule has 0 saturated carbocycles. The van der Waals surface area contributed by atoms with Gasteiger partial charge in [-0.05, 0) is 35.3 Å². The van der Waals surface area contributed by atoms with Crippen LogP contribution in [0.4, 0.5) is 0 Å². The van der Waals surface area contributed by atoms with Crippen LogP contribution in [0.25, 0.3) is 0 Å². The highest BCUT2D eigenvalue weighted by molar-refractivity contribution is 9.11. The highest BCUT2D eigenvalue weighted by atomic mass is 79.9. The van der Waals surface area contributed by atoms with E-state index in [0.717, 1.165) is 22.2 Å². The van der Waals surface area contributed by atoms with E-state index < -0.39 is 0 Å². The molecule has 1 amide bonds. The molecular weight excluding hydrogens is 274 g/mol. The van der Waals surface area contributed by atoms with Gasteiger partial charge in [-0.3, -0.25) is 4.79 Å². The van der Waals surface area contributed by atoms with Gasteiger partial charge in [0, 0.05) is 11.4 Å². The fraction of sp³-hybridized carbons (Fsp3) is 0.545. The van der Waals surface area contributed by atoms with E-state index in [1.54, 1.807) is 0 Å². The predicted molar refractivity (Wildman–Crippen MR) is 68.5 cm³/mol. The van der Waals surface area contributed by atoms with Crippen LogP contribution in [-0.2, 0) is 0 Å². The summed E-state index contributed by atoms with van der Waals surface area (Å²) in [5.74, 6) is 0.0283. The number of halogens is 1. The van der Waals surface area contributed by atoms with Crippen LogP contribution in [0.3, 0.4) is 0 Å². The number of carbonyl (C=O) groups is 1. The van der Waals surface area contributed by atoms with Crippen LogP contribution >= 0.6 is 27.3 Å². The summed E-state index contributed by atoms with van der Waals surface area (Å²) in [4.78, 5) is 11.7. The number of nitrogens with one attached hydrogen (secondary N) is 1. The van der Waals surface area contributed by atoms with Gasteiger partial charge in [-0.2, -0.15) is 0 Å². The van der Waals surface area contributed by atoms with Gasteiger partial charge in [0.25, 0.3) is 5.91 Å². The van der Waals surface area contributed by atoms with Crippen molar-refractivity contribution in [2.75, 3.05) is 0 Å². The van der Waals surface area contributed by atoms with Crippen molar-refractivity contribution in [3.05, 3.63) is 20.8 Å². The minimum absolute atomic E-state index is 0.0283. The molecule has 0 bridgehead atoms. The van der Waals surface area contributed by atoms with E-state index in [0.29, 0.717) is 0 Å². The average Bonchev–Trinajstić information content (AvgIpc) is 2.61. The summed E-state index contributed by atoms with van der Waals surface area (Å²) < 4.78 is 0.994. The van der Waals surface area contributed by atoms with Crippen molar-refractivity contribution in [3.8, 4) is 0 Å². The van der Waals surface area contributed by atoms with Crippen LogP contribution in [-0.4, -0.2) is 11.9 Å². The molecule has 84 valence electrons. The van der Waals surface area contributed by atoms with Gasteiger partial charge >= 0.3 is 0 Å². The summed E-state index contributed by atoms with van der Waals surface area (Å²) in [5.41, 5.74) is 0.746. The first-order valence-corrected chi connectivity index (χ1v) is 6.85. The molecule has 0 saturated heterocycles. The predicted octanol–water partition coefficient (Wildman–Crippen LogP) is 3.82. The average molecular weight is 290 g/mol. The molecule has 15 heavy (non-hydrogen) atoms. The Bertz CT molecular complexity index is 324. The second-order valence-electron chi connectivity index (χ2n) is 3.66.